The number of aromatic hydroxyl groups is 2. The third-order valence-electron chi connectivity index (χ3n) is 6.17. The van der Waals surface area contributed by atoms with Crippen LogP contribution in [0.5, 0.6) is 23.0 Å². The highest BCUT2D eigenvalue weighted by Crippen LogP contribution is 2.44. The van der Waals surface area contributed by atoms with Crippen molar-refractivity contribution < 1.29 is 33.6 Å². The Balaban J connectivity index is 1.96. The molecule has 3 aromatic carbocycles. The zero-order valence-corrected chi connectivity index (χ0v) is 21.7. The maximum absolute atomic E-state index is 13.1. The number of methoxy groups -OCH3 is 2. The molecule has 8 heteroatoms. The second-order valence-corrected chi connectivity index (χ2v) is 9.32. The van der Waals surface area contributed by atoms with Gasteiger partial charge in [-0.05, 0) is 23.6 Å². The predicted molar refractivity (Wildman–Crippen MR) is 143 cm³/mol. The van der Waals surface area contributed by atoms with Crippen molar-refractivity contribution in [2.75, 3.05) is 20.8 Å². The van der Waals surface area contributed by atoms with Gasteiger partial charge in [-0.1, -0.05) is 50.2 Å². The van der Waals surface area contributed by atoms with E-state index < -0.39 is 23.1 Å². The molecule has 0 fully saturated rings. The van der Waals surface area contributed by atoms with Crippen LogP contribution in [0, 0.1) is 5.92 Å². The lowest BCUT2D eigenvalue weighted by atomic mass is 9.86. The predicted octanol–water partition coefficient (Wildman–Crippen LogP) is 5.61. The summed E-state index contributed by atoms with van der Waals surface area (Å²) in [5, 5.41) is 21.5. The highest BCUT2D eigenvalue weighted by molar-refractivity contribution is 5.90. The van der Waals surface area contributed by atoms with E-state index in [-0.39, 0.29) is 34.5 Å². The van der Waals surface area contributed by atoms with E-state index in [1.54, 1.807) is 42.5 Å². The fraction of sp³-hybridized carbons (Fsp3) is 0.267. The highest BCUT2D eigenvalue weighted by Gasteiger charge is 2.29. The maximum Gasteiger partial charge on any atom is 0.306 e. The Hall–Kier alpha value is -4.46. The van der Waals surface area contributed by atoms with Crippen LogP contribution in [0.2, 0.25) is 0 Å². The number of hydrogen-bond donors (Lipinski definition) is 2. The molecule has 8 nitrogen and oxygen atoms in total. The van der Waals surface area contributed by atoms with E-state index in [0.717, 1.165) is 6.07 Å². The largest absolute Gasteiger partial charge is 0.507 e. The molecular weight excluding hydrogens is 488 g/mol. The molecule has 0 radical (unpaired) electrons. The lowest BCUT2D eigenvalue weighted by molar-refractivity contribution is -0.140. The van der Waals surface area contributed by atoms with E-state index in [4.69, 9.17) is 18.6 Å². The van der Waals surface area contributed by atoms with Gasteiger partial charge in [-0.15, -0.1) is 0 Å². The van der Waals surface area contributed by atoms with Crippen LogP contribution in [-0.4, -0.2) is 37.0 Å². The van der Waals surface area contributed by atoms with Crippen molar-refractivity contribution in [3.8, 4) is 34.3 Å². The van der Waals surface area contributed by atoms with Crippen LogP contribution >= 0.6 is 0 Å². The molecule has 4 aromatic rings. The van der Waals surface area contributed by atoms with Gasteiger partial charge >= 0.3 is 5.97 Å². The average molecular weight is 519 g/mol. The molecule has 0 spiro atoms. The van der Waals surface area contributed by atoms with Crippen molar-refractivity contribution in [2.24, 2.45) is 5.92 Å². The third kappa shape index (κ3) is 5.44. The molecule has 0 saturated carbocycles. The van der Waals surface area contributed by atoms with Crippen molar-refractivity contribution in [2.45, 2.75) is 26.2 Å². The average Bonchev–Trinajstić information content (AvgIpc) is 2.90. The van der Waals surface area contributed by atoms with Gasteiger partial charge in [-0.25, -0.2) is 0 Å². The Morgan fingerprint density at radius 1 is 0.947 bits per heavy atom. The first kappa shape index (κ1) is 26.6. The highest BCUT2D eigenvalue weighted by atomic mass is 16.5. The molecule has 198 valence electrons. The topological polar surface area (TPSA) is 115 Å². The van der Waals surface area contributed by atoms with E-state index in [2.05, 4.69) is 0 Å². The van der Waals surface area contributed by atoms with Crippen LogP contribution in [0.25, 0.3) is 22.3 Å². The van der Waals surface area contributed by atoms with Gasteiger partial charge in [-0.2, -0.15) is 0 Å². The minimum atomic E-state index is -0.812. The van der Waals surface area contributed by atoms with Crippen molar-refractivity contribution in [3.63, 3.8) is 0 Å². The SMILES string of the molecule is COC(=O)CC(c1ccc(OCC(C)C)c(OC)c1)c1c(O)cc(O)c2c(=O)cc(-c3ccccc3)oc12. The Labute approximate surface area is 220 Å². The zero-order chi connectivity index (χ0) is 27.4. The van der Waals surface area contributed by atoms with Crippen molar-refractivity contribution in [1.29, 1.82) is 0 Å². The molecule has 38 heavy (non-hydrogen) atoms. The quantitative estimate of drug-likeness (QED) is 0.275. The minimum absolute atomic E-state index is 0.0261. The number of ether oxygens (including phenoxy) is 3. The molecule has 0 amide bonds. The van der Waals surface area contributed by atoms with E-state index in [0.29, 0.717) is 35.2 Å². The molecule has 0 aliphatic heterocycles. The number of fused-ring (bicyclic) bond motifs is 1. The maximum atomic E-state index is 13.1. The van der Waals surface area contributed by atoms with E-state index in [1.807, 2.05) is 19.9 Å². The molecule has 0 saturated heterocycles. The summed E-state index contributed by atoms with van der Waals surface area (Å²) in [6.07, 6.45) is -0.182. The first-order valence-electron chi connectivity index (χ1n) is 12.2. The number of carbonyl (C=O) groups is 1. The summed E-state index contributed by atoms with van der Waals surface area (Å²) in [5.74, 6) is -0.608. The van der Waals surface area contributed by atoms with Gasteiger partial charge in [0.2, 0.25) is 0 Å². The fourth-order valence-electron chi connectivity index (χ4n) is 4.32. The van der Waals surface area contributed by atoms with Crippen LogP contribution in [0.4, 0.5) is 0 Å². The first-order chi connectivity index (χ1) is 18.2. The molecular formula is C30H30O8. The van der Waals surface area contributed by atoms with Crippen LogP contribution in [-0.2, 0) is 9.53 Å². The van der Waals surface area contributed by atoms with Crippen molar-refractivity contribution in [1.82, 2.24) is 0 Å². The lowest BCUT2D eigenvalue weighted by Gasteiger charge is -2.21. The summed E-state index contributed by atoms with van der Waals surface area (Å²) in [6, 6.07) is 16.6. The van der Waals surface area contributed by atoms with Gasteiger partial charge in [0.15, 0.2) is 16.9 Å². The molecule has 2 N–H and O–H groups in total. The van der Waals surface area contributed by atoms with Gasteiger partial charge < -0.3 is 28.8 Å². The minimum Gasteiger partial charge on any atom is -0.507 e. The normalized spacial score (nSPS) is 11.9. The van der Waals surface area contributed by atoms with E-state index in [1.165, 1.54) is 20.3 Å². The molecule has 1 unspecified atom stereocenters. The monoisotopic (exact) mass is 518 g/mol. The van der Waals surface area contributed by atoms with E-state index in [9.17, 15) is 19.8 Å². The Kier molecular flexibility index (Phi) is 7.90. The number of benzene rings is 3. The molecule has 1 heterocycles. The van der Waals surface area contributed by atoms with Crippen molar-refractivity contribution >= 4 is 16.9 Å². The molecule has 0 aliphatic carbocycles. The number of phenolic OH excluding ortho intramolecular Hbond substituents is 2. The second kappa shape index (κ2) is 11.3. The van der Waals surface area contributed by atoms with Gasteiger partial charge in [0.25, 0.3) is 0 Å². The summed E-state index contributed by atoms with van der Waals surface area (Å²) in [6.45, 7) is 4.55. The number of carbonyl (C=O) groups excluding carboxylic acids is 1. The summed E-state index contributed by atoms with van der Waals surface area (Å²) < 4.78 is 22.5. The van der Waals surface area contributed by atoms with Gasteiger partial charge in [0, 0.05) is 29.2 Å². The number of esters is 1. The Bertz CT molecular complexity index is 1500. The van der Waals surface area contributed by atoms with Crippen LogP contribution in [0.1, 0.15) is 37.3 Å². The van der Waals surface area contributed by atoms with Gasteiger partial charge in [0.1, 0.15) is 28.2 Å². The fourth-order valence-corrected chi connectivity index (χ4v) is 4.32. The third-order valence-corrected chi connectivity index (χ3v) is 6.17. The summed E-state index contributed by atoms with van der Waals surface area (Å²) in [7, 11) is 2.78. The summed E-state index contributed by atoms with van der Waals surface area (Å²) in [4.78, 5) is 25.7. The Morgan fingerprint density at radius 2 is 1.68 bits per heavy atom. The first-order valence-corrected chi connectivity index (χ1v) is 12.2. The van der Waals surface area contributed by atoms with Crippen LogP contribution in [0.15, 0.2) is 69.9 Å². The van der Waals surface area contributed by atoms with E-state index >= 15 is 0 Å². The Morgan fingerprint density at radius 3 is 2.34 bits per heavy atom. The zero-order valence-electron chi connectivity index (χ0n) is 21.7. The second-order valence-electron chi connectivity index (χ2n) is 9.32. The summed E-state index contributed by atoms with van der Waals surface area (Å²) in [5.41, 5.74) is 0.867. The standard InChI is InChI=1S/C30H30O8/c1-17(2)16-37-24-11-10-19(12-26(24)35-3)20(13-27(34)36-4)28-21(31)14-22(32)29-23(33)15-25(38-30(28)29)18-8-6-5-7-9-18/h5-12,14-15,17,20,31-32H,13,16H2,1-4H3. The molecule has 1 atom stereocenters. The number of hydrogen-bond acceptors (Lipinski definition) is 8. The molecule has 4 rings (SSSR count). The summed E-state index contributed by atoms with van der Waals surface area (Å²) >= 11 is 0. The van der Waals surface area contributed by atoms with Crippen LogP contribution in [0.3, 0.4) is 0 Å². The van der Waals surface area contributed by atoms with Crippen molar-refractivity contribution in [3.05, 3.63) is 82.0 Å². The number of rotatable bonds is 9. The molecule has 1 aromatic heterocycles. The molecule has 0 bridgehead atoms. The number of phenols is 2. The smallest absolute Gasteiger partial charge is 0.306 e. The van der Waals surface area contributed by atoms with Gasteiger partial charge in [0.05, 0.1) is 27.2 Å². The van der Waals surface area contributed by atoms with Gasteiger partial charge in [-0.3, -0.25) is 9.59 Å². The van der Waals surface area contributed by atoms with Crippen LogP contribution < -0.4 is 14.9 Å². The molecule has 0 aliphatic rings. The lowest BCUT2D eigenvalue weighted by Crippen LogP contribution is -2.13.